The zero-order valence-electron chi connectivity index (χ0n) is 9.91. The van der Waals surface area contributed by atoms with E-state index in [0.29, 0.717) is 12.1 Å². The van der Waals surface area contributed by atoms with E-state index >= 15 is 0 Å². The summed E-state index contributed by atoms with van der Waals surface area (Å²) in [5, 5.41) is 4.41. The van der Waals surface area contributed by atoms with Crippen molar-refractivity contribution in [3.63, 3.8) is 0 Å². The highest BCUT2D eigenvalue weighted by atomic mass is 35.5. The predicted molar refractivity (Wildman–Crippen MR) is 70.3 cm³/mol. The number of hydrogen-bond acceptors (Lipinski definition) is 2. The number of rotatable bonds is 2. The van der Waals surface area contributed by atoms with Gasteiger partial charge in [-0.25, -0.2) is 0 Å². The molecule has 16 heavy (non-hydrogen) atoms. The Morgan fingerprint density at radius 1 is 1.44 bits per heavy atom. The molecule has 0 aliphatic carbocycles. The number of anilines is 1. The lowest BCUT2D eigenvalue weighted by Crippen LogP contribution is -2.55. The summed E-state index contributed by atoms with van der Waals surface area (Å²) in [4.78, 5) is 2.41. The van der Waals surface area contributed by atoms with Gasteiger partial charge in [-0.15, -0.1) is 0 Å². The van der Waals surface area contributed by atoms with E-state index in [9.17, 15) is 0 Å². The molecule has 0 bridgehead atoms. The first-order valence-electron chi connectivity index (χ1n) is 5.97. The van der Waals surface area contributed by atoms with E-state index in [2.05, 4.69) is 36.2 Å². The molecule has 0 amide bonds. The van der Waals surface area contributed by atoms with Crippen LogP contribution in [0.5, 0.6) is 0 Å². The molecule has 0 saturated carbocycles. The second-order valence-corrected chi connectivity index (χ2v) is 4.87. The van der Waals surface area contributed by atoms with Crippen molar-refractivity contribution in [2.24, 2.45) is 0 Å². The van der Waals surface area contributed by atoms with Crippen LogP contribution in [-0.4, -0.2) is 25.2 Å². The summed E-state index contributed by atoms with van der Waals surface area (Å²) in [6, 6.07) is 9.19. The summed E-state index contributed by atoms with van der Waals surface area (Å²) in [6.45, 7) is 6.53. The lowest BCUT2D eigenvalue weighted by atomic mass is 10.1. The van der Waals surface area contributed by atoms with Crippen molar-refractivity contribution in [3.8, 4) is 0 Å². The fourth-order valence-corrected chi connectivity index (χ4v) is 2.47. The monoisotopic (exact) mass is 238 g/mol. The summed E-state index contributed by atoms with van der Waals surface area (Å²) in [7, 11) is 0. The molecule has 2 nitrogen and oxygen atoms in total. The van der Waals surface area contributed by atoms with Gasteiger partial charge in [0.25, 0.3) is 0 Å². The third-order valence-corrected chi connectivity index (χ3v) is 3.63. The van der Waals surface area contributed by atoms with Crippen LogP contribution < -0.4 is 10.2 Å². The lowest BCUT2D eigenvalue weighted by Gasteiger charge is -2.40. The van der Waals surface area contributed by atoms with E-state index in [-0.39, 0.29) is 0 Å². The highest BCUT2D eigenvalue weighted by Crippen LogP contribution is 2.28. The van der Waals surface area contributed by atoms with Gasteiger partial charge in [0.2, 0.25) is 0 Å². The maximum atomic E-state index is 6.25. The van der Waals surface area contributed by atoms with Crippen LogP contribution >= 0.6 is 11.6 Å². The highest BCUT2D eigenvalue weighted by molar-refractivity contribution is 6.33. The van der Waals surface area contributed by atoms with Gasteiger partial charge < -0.3 is 10.2 Å². The molecule has 0 spiro atoms. The molecule has 2 atom stereocenters. The number of halogens is 1. The summed E-state index contributed by atoms with van der Waals surface area (Å²) in [5.74, 6) is 0. The van der Waals surface area contributed by atoms with Crippen LogP contribution in [0.4, 0.5) is 5.69 Å². The van der Waals surface area contributed by atoms with Crippen molar-refractivity contribution < 1.29 is 0 Å². The predicted octanol–water partition coefficient (Wildman–Crippen LogP) is 2.92. The van der Waals surface area contributed by atoms with Gasteiger partial charge in [0.15, 0.2) is 0 Å². The van der Waals surface area contributed by atoms with Crippen LogP contribution in [0.2, 0.25) is 5.02 Å². The second-order valence-electron chi connectivity index (χ2n) is 4.47. The molecule has 3 heteroatoms. The van der Waals surface area contributed by atoms with E-state index < -0.39 is 0 Å². The van der Waals surface area contributed by atoms with Crippen molar-refractivity contribution in [2.45, 2.75) is 32.4 Å². The van der Waals surface area contributed by atoms with Crippen LogP contribution in [0, 0.1) is 0 Å². The van der Waals surface area contributed by atoms with Crippen LogP contribution in [-0.2, 0) is 0 Å². The fourth-order valence-electron chi connectivity index (χ4n) is 2.22. The number of nitrogens with one attached hydrogen (secondary N) is 1. The molecule has 88 valence electrons. The minimum absolute atomic E-state index is 0.502. The molecule has 0 aromatic heterocycles. The van der Waals surface area contributed by atoms with Crippen molar-refractivity contribution in [2.75, 3.05) is 18.0 Å². The Bertz CT molecular complexity index is 354. The molecule has 1 aliphatic rings. The summed E-state index contributed by atoms with van der Waals surface area (Å²) in [6.07, 6.45) is 1.16. The van der Waals surface area contributed by atoms with E-state index in [0.717, 1.165) is 30.2 Å². The van der Waals surface area contributed by atoms with Gasteiger partial charge in [-0.05, 0) is 25.5 Å². The number of benzene rings is 1. The number of piperazine rings is 1. The zero-order chi connectivity index (χ0) is 11.5. The quantitative estimate of drug-likeness (QED) is 0.853. The van der Waals surface area contributed by atoms with Crippen LogP contribution in [0.1, 0.15) is 20.3 Å². The molecule has 1 N–H and O–H groups in total. The Morgan fingerprint density at radius 2 is 2.19 bits per heavy atom. The van der Waals surface area contributed by atoms with Crippen LogP contribution in [0.3, 0.4) is 0 Å². The first kappa shape index (κ1) is 11.7. The average Bonchev–Trinajstić information content (AvgIpc) is 2.31. The third-order valence-electron chi connectivity index (χ3n) is 3.31. The Hall–Kier alpha value is -0.730. The van der Waals surface area contributed by atoms with Crippen LogP contribution in [0.15, 0.2) is 24.3 Å². The molecule has 1 heterocycles. The van der Waals surface area contributed by atoms with Crippen LogP contribution in [0.25, 0.3) is 0 Å². The SMILES string of the molecule is CCC1CN(c2ccccc2Cl)C(C)CN1. The highest BCUT2D eigenvalue weighted by Gasteiger charge is 2.24. The standard InChI is InChI=1S/C13H19ClN2/c1-3-11-9-16(10(2)8-15-11)13-7-5-4-6-12(13)14/h4-7,10-11,15H,3,8-9H2,1-2H3. The first-order chi connectivity index (χ1) is 7.72. The third kappa shape index (κ3) is 2.33. The molecular formula is C13H19ClN2. The van der Waals surface area contributed by atoms with Gasteiger partial charge >= 0.3 is 0 Å². The maximum Gasteiger partial charge on any atom is 0.0639 e. The molecule has 1 saturated heterocycles. The summed E-state index contributed by atoms with van der Waals surface area (Å²) >= 11 is 6.25. The maximum absolute atomic E-state index is 6.25. The van der Waals surface area contributed by atoms with Gasteiger partial charge in [-0.2, -0.15) is 0 Å². The first-order valence-corrected chi connectivity index (χ1v) is 6.34. The van der Waals surface area contributed by atoms with Crippen molar-refractivity contribution in [3.05, 3.63) is 29.3 Å². The normalized spacial score (nSPS) is 25.8. The Kier molecular flexibility index (Phi) is 3.72. The topological polar surface area (TPSA) is 15.3 Å². The minimum Gasteiger partial charge on any atom is -0.365 e. The van der Waals surface area contributed by atoms with Gasteiger partial charge in [-0.1, -0.05) is 30.7 Å². The molecule has 1 fully saturated rings. The van der Waals surface area contributed by atoms with Crippen molar-refractivity contribution in [1.82, 2.24) is 5.32 Å². The minimum atomic E-state index is 0.502. The number of hydrogen-bond donors (Lipinski definition) is 1. The van der Waals surface area contributed by atoms with E-state index in [1.165, 1.54) is 0 Å². The fraction of sp³-hybridized carbons (Fsp3) is 0.538. The van der Waals surface area contributed by atoms with Gasteiger partial charge in [0, 0.05) is 25.2 Å². The van der Waals surface area contributed by atoms with E-state index in [4.69, 9.17) is 11.6 Å². The Labute approximate surface area is 103 Å². The molecule has 2 unspecified atom stereocenters. The molecule has 1 aromatic rings. The zero-order valence-corrected chi connectivity index (χ0v) is 10.7. The van der Waals surface area contributed by atoms with Crippen molar-refractivity contribution in [1.29, 1.82) is 0 Å². The molecular weight excluding hydrogens is 220 g/mol. The smallest absolute Gasteiger partial charge is 0.0639 e. The summed E-state index contributed by atoms with van der Waals surface area (Å²) in [5.41, 5.74) is 1.16. The van der Waals surface area contributed by atoms with Gasteiger partial charge in [-0.3, -0.25) is 0 Å². The second kappa shape index (κ2) is 5.07. The Balaban J connectivity index is 2.21. The molecule has 2 rings (SSSR count). The Morgan fingerprint density at radius 3 is 2.88 bits per heavy atom. The van der Waals surface area contributed by atoms with Gasteiger partial charge in [0.05, 0.1) is 10.7 Å². The summed E-state index contributed by atoms with van der Waals surface area (Å²) < 4.78 is 0. The van der Waals surface area contributed by atoms with Gasteiger partial charge in [0.1, 0.15) is 0 Å². The van der Waals surface area contributed by atoms with Crippen molar-refractivity contribution >= 4 is 17.3 Å². The van der Waals surface area contributed by atoms with E-state index in [1.807, 2.05) is 12.1 Å². The molecule has 1 aromatic carbocycles. The molecule has 1 aliphatic heterocycles. The number of para-hydroxylation sites is 1. The van der Waals surface area contributed by atoms with E-state index in [1.54, 1.807) is 0 Å². The number of nitrogens with zero attached hydrogens (tertiary/aromatic N) is 1. The average molecular weight is 239 g/mol. The molecule has 0 radical (unpaired) electrons. The largest absolute Gasteiger partial charge is 0.365 e. The lowest BCUT2D eigenvalue weighted by molar-refractivity contribution is 0.397.